The van der Waals surface area contributed by atoms with Gasteiger partial charge in [-0.15, -0.1) is 0 Å². The number of amides is 2. The van der Waals surface area contributed by atoms with E-state index >= 15 is 0 Å². The molecular formula is C26H19ClN4O3. The molecule has 168 valence electrons. The number of hydrogen-bond acceptors (Lipinski definition) is 5. The molecule has 34 heavy (non-hydrogen) atoms. The second-order valence-corrected chi connectivity index (χ2v) is 8.09. The van der Waals surface area contributed by atoms with Crippen molar-refractivity contribution in [2.24, 2.45) is 0 Å². The summed E-state index contributed by atoms with van der Waals surface area (Å²) in [5, 5.41) is 3.29. The second-order valence-electron chi connectivity index (χ2n) is 7.65. The Hall–Kier alpha value is -4.23. The van der Waals surface area contributed by atoms with Crippen LogP contribution in [0.3, 0.4) is 0 Å². The molecule has 5 rings (SSSR count). The van der Waals surface area contributed by atoms with Crippen LogP contribution in [0.4, 0.5) is 5.69 Å². The van der Waals surface area contributed by atoms with Gasteiger partial charge in [-0.05, 0) is 54.1 Å². The minimum absolute atomic E-state index is 0.0450. The van der Waals surface area contributed by atoms with Gasteiger partial charge in [0.05, 0.1) is 17.8 Å². The van der Waals surface area contributed by atoms with Crippen LogP contribution >= 0.6 is 11.6 Å². The molecular weight excluding hydrogens is 452 g/mol. The largest absolute Gasteiger partial charge is 0.455 e. The molecule has 0 saturated heterocycles. The van der Waals surface area contributed by atoms with Crippen molar-refractivity contribution in [1.82, 2.24) is 15.3 Å². The fraction of sp³-hybridized carbons (Fsp3) is 0.0769. The van der Waals surface area contributed by atoms with Crippen LogP contribution in [0, 0.1) is 0 Å². The first-order valence-corrected chi connectivity index (χ1v) is 11.0. The first kappa shape index (κ1) is 21.6. The van der Waals surface area contributed by atoms with Crippen LogP contribution in [0.5, 0.6) is 11.5 Å². The number of halogens is 1. The minimum atomic E-state index is -0.446. The first-order chi connectivity index (χ1) is 16.6. The Labute approximate surface area is 201 Å². The van der Waals surface area contributed by atoms with Gasteiger partial charge in [0.25, 0.3) is 11.8 Å². The number of nitrogens with one attached hydrogen (secondary N) is 1. The third kappa shape index (κ3) is 4.33. The summed E-state index contributed by atoms with van der Waals surface area (Å²) >= 11 is 6.26. The number of hydrogen-bond donors (Lipinski definition) is 1. The summed E-state index contributed by atoms with van der Waals surface area (Å²) in [6.45, 7) is 0.532. The number of rotatable bonds is 4. The number of benzene rings is 2. The van der Waals surface area contributed by atoms with E-state index in [2.05, 4.69) is 15.3 Å². The fourth-order valence-corrected chi connectivity index (χ4v) is 3.91. The molecule has 1 aliphatic heterocycles. The lowest BCUT2D eigenvalue weighted by Gasteiger charge is -2.23. The van der Waals surface area contributed by atoms with Crippen LogP contribution in [-0.4, -0.2) is 21.8 Å². The summed E-state index contributed by atoms with van der Waals surface area (Å²) in [6, 6.07) is 19.5. The van der Waals surface area contributed by atoms with Crippen molar-refractivity contribution in [2.45, 2.75) is 13.1 Å². The van der Waals surface area contributed by atoms with E-state index in [1.165, 1.54) is 6.20 Å². The second kappa shape index (κ2) is 9.33. The lowest BCUT2D eigenvalue weighted by atomic mass is 10.1. The number of carbonyl (C=O) groups is 2. The normalized spacial score (nSPS) is 12.1. The Kier molecular flexibility index (Phi) is 5.93. The maximum absolute atomic E-state index is 13.8. The van der Waals surface area contributed by atoms with Crippen molar-refractivity contribution >= 4 is 29.1 Å². The molecule has 7 nitrogen and oxygen atoms in total. The molecule has 0 atom stereocenters. The SMILES string of the molecule is O=C(NCc1ccncc1)c1ncccc1C(=O)N1Cc2ccccc2Oc2ccc(Cl)cc21. The first-order valence-electron chi connectivity index (χ1n) is 10.6. The summed E-state index contributed by atoms with van der Waals surface area (Å²) in [7, 11) is 0. The molecule has 0 spiro atoms. The number of aromatic nitrogens is 2. The Morgan fingerprint density at radius 3 is 2.65 bits per heavy atom. The van der Waals surface area contributed by atoms with E-state index in [0.717, 1.165) is 11.1 Å². The van der Waals surface area contributed by atoms with Gasteiger partial charge in [0.2, 0.25) is 0 Å². The molecule has 1 aliphatic rings. The van der Waals surface area contributed by atoms with Crippen molar-refractivity contribution in [2.75, 3.05) is 4.90 Å². The lowest BCUT2D eigenvalue weighted by molar-refractivity contribution is 0.0925. The molecule has 0 aliphatic carbocycles. The number of nitrogens with zero attached hydrogens (tertiary/aromatic N) is 3. The Bertz CT molecular complexity index is 1380. The van der Waals surface area contributed by atoms with Crippen molar-refractivity contribution in [3.05, 3.63) is 113 Å². The van der Waals surface area contributed by atoms with Gasteiger partial charge in [-0.2, -0.15) is 0 Å². The van der Waals surface area contributed by atoms with Gasteiger partial charge in [-0.25, -0.2) is 0 Å². The maximum Gasteiger partial charge on any atom is 0.270 e. The van der Waals surface area contributed by atoms with Crippen molar-refractivity contribution in [3.8, 4) is 11.5 Å². The van der Waals surface area contributed by atoms with Crippen molar-refractivity contribution in [3.63, 3.8) is 0 Å². The molecule has 2 amide bonds. The summed E-state index contributed by atoms with van der Waals surface area (Å²) in [6.07, 6.45) is 4.79. The van der Waals surface area contributed by atoms with E-state index in [9.17, 15) is 9.59 Å². The molecule has 0 fully saturated rings. The highest BCUT2D eigenvalue weighted by molar-refractivity contribution is 6.31. The van der Waals surface area contributed by atoms with E-state index < -0.39 is 5.91 Å². The van der Waals surface area contributed by atoms with E-state index in [-0.39, 0.29) is 30.3 Å². The number of fused-ring (bicyclic) bond motifs is 2. The van der Waals surface area contributed by atoms with Gasteiger partial charge < -0.3 is 15.0 Å². The van der Waals surface area contributed by atoms with Crippen LogP contribution in [-0.2, 0) is 13.1 Å². The molecule has 0 unspecified atom stereocenters. The number of carbonyl (C=O) groups excluding carboxylic acids is 2. The molecule has 4 aromatic rings. The quantitative estimate of drug-likeness (QED) is 0.453. The Morgan fingerprint density at radius 1 is 0.971 bits per heavy atom. The smallest absolute Gasteiger partial charge is 0.270 e. The van der Waals surface area contributed by atoms with E-state index in [0.29, 0.717) is 22.2 Å². The molecule has 1 N–H and O–H groups in total. The third-order valence-corrected chi connectivity index (χ3v) is 5.67. The van der Waals surface area contributed by atoms with Crippen LogP contribution < -0.4 is 15.0 Å². The average molecular weight is 471 g/mol. The van der Waals surface area contributed by atoms with Gasteiger partial charge >= 0.3 is 0 Å². The molecule has 8 heteroatoms. The molecule has 0 saturated carbocycles. The standard InChI is InChI=1S/C26H19ClN4O3/c27-19-7-8-23-21(14-19)31(16-18-4-1-2-6-22(18)34-23)26(33)20-5-3-11-29-24(20)25(32)30-15-17-9-12-28-13-10-17/h1-14H,15-16H2,(H,30,32). The summed E-state index contributed by atoms with van der Waals surface area (Å²) < 4.78 is 6.09. The molecule has 0 bridgehead atoms. The van der Waals surface area contributed by atoms with Crippen molar-refractivity contribution in [1.29, 1.82) is 0 Å². The zero-order valence-electron chi connectivity index (χ0n) is 17.9. The minimum Gasteiger partial charge on any atom is -0.455 e. The fourth-order valence-electron chi connectivity index (χ4n) is 3.75. The zero-order valence-corrected chi connectivity index (χ0v) is 18.7. The van der Waals surface area contributed by atoms with E-state index in [1.54, 1.807) is 59.8 Å². The topological polar surface area (TPSA) is 84.4 Å². The summed E-state index contributed by atoms with van der Waals surface area (Å²) in [4.78, 5) is 36.6. The lowest BCUT2D eigenvalue weighted by Crippen LogP contribution is -2.33. The number of para-hydroxylation sites is 1. The molecule has 2 aromatic heterocycles. The number of ether oxygens (including phenoxy) is 1. The van der Waals surface area contributed by atoms with Gasteiger partial charge in [0, 0.05) is 35.7 Å². The summed E-state index contributed by atoms with van der Waals surface area (Å²) in [5.41, 5.74) is 2.46. The van der Waals surface area contributed by atoms with E-state index in [4.69, 9.17) is 16.3 Å². The summed E-state index contributed by atoms with van der Waals surface area (Å²) in [5.74, 6) is 0.322. The van der Waals surface area contributed by atoms with Crippen molar-refractivity contribution < 1.29 is 14.3 Å². The zero-order chi connectivity index (χ0) is 23.5. The molecule has 0 radical (unpaired) electrons. The van der Waals surface area contributed by atoms with E-state index in [1.807, 2.05) is 24.3 Å². The highest BCUT2D eigenvalue weighted by Crippen LogP contribution is 2.41. The van der Waals surface area contributed by atoms with Crippen LogP contribution in [0.2, 0.25) is 5.02 Å². The average Bonchev–Trinajstić information content (AvgIpc) is 3.04. The highest BCUT2D eigenvalue weighted by atomic mass is 35.5. The Balaban J connectivity index is 1.50. The van der Waals surface area contributed by atoms with Gasteiger partial charge in [-0.3, -0.25) is 19.6 Å². The predicted molar refractivity (Wildman–Crippen MR) is 128 cm³/mol. The maximum atomic E-state index is 13.8. The van der Waals surface area contributed by atoms with Crippen LogP contribution in [0.15, 0.2) is 85.3 Å². The van der Waals surface area contributed by atoms with Gasteiger partial charge in [0.1, 0.15) is 11.4 Å². The van der Waals surface area contributed by atoms with Crippen LogP contribution in [0.1, 0.15) is 32.0 Å². The number of anilines is 1. The van der Waals surface area contributed by atoms with Gasteiger partial charge in [-0.1, -0.05) is 29.8 Å². The monoisotopic (exact) mass is 470 g/mol. The highest BCUT2D eigenvalue weighted by Gasteiger charge is 2.29. The third-order valence-electron chi connectivity index (χ3n) is 5.43. The number of pyridine rings is 2. The molecule has 2 aromatic carbocycles. The molecule has 3 heterocycles. The van der Waals surface area contributed by atoms with Crippen LogP contribution in [0.25, 0.3) is 0 Å². The Morgan fingerprint density at radius 2 is 1.79 bits per heavy atom. The van der Waals surface area contributed by atoms with Gasteiger partial charge in [0.15, 0.2) is 5.75 Å². The predicted octanol–water partition coefficient (Wildman–Crippen LogP) is 5.01.